The van der Waals surface area contributed by atoms with Gasteiger partial charge in [0.1, 0.15) is 5.75 Å². The predicted octanol–water partition coefficient (Wildman–Crippen LogP) is 3.36. The normalized spacial score (nSPS) is 10.6. The molecular formula is C15H20N2OS. The Bertz CT molecular complexity index is 493. The molecule has 102 valence electrons. The summed E-state index contributed by atoms with van der Waals surface area (Å²) in [7, 11) is 1.68. The van der Waals surface area contributed by atoms with Gasteiger partial charge in [-0.1, -0.05) is 6.92 Å². The minimum Gasteiger partial charge on any atom is -0.497 e. The highest BCUT2D eigenvalue weighted by Gasteiger charge is 2.04. The Morgan fingerprint density at radius 1 is 1.21 bits per heavy atom. The molecule has 0 aliphatic rings. The van der Waals surface area contributed by atoms with Crippen LogP contribution in [0.1, 0.15) is 18.4 Å². The smallest absolute Gasteiger partial charge is 0.118 e. The third-order valence-electron chi connectivity index (χ3n) is 2.88. The van der Waals surface area contributed by atoms with Crippen molar-refractivity contribution in [3.63, 3.8) is 0 Å². The number of nitrogens with zero attached hydrogens (tertiary/aromatic N) is 1. The third-order valence-corrected chi connectivity index (χ3v) is 3.79. The van der Waals surface area contributed by atoms with E-state index in [-0.39, 0.29) is 0 Å². The SMILES string of the molecule is CCCNCCc1nc(-c2ccc(OC)cc2)cs1. The van der Waals surface area contributed by atoms with E-state index >= 15 is 0 Å². The van der Waals surface area contributed by atoms with Crippen LogP contribution in [-0.2, 0) is 6.42 Å². The number of rotatable bonds is 7. The molecule has 0 bridgehead atoms. The van der Waals surface area contributed by atoms with E-state index in [1.165, 1.54) is 11.4 Å². The zero-order chi connectivity index (χ0) is 13.5. The molecule has 0 unspecified atom stereocenters. The van der Waals surface area contributed by atoms with E-state index in [1.54, 1.807) is 18.4 Å². The maximum atomic E-state index is 5.16. The molecule has 1 aromatic heterocycles. The van der Waals surface area contributed by atoms with E-state index in [0.717, 1.165) is 36.5 Å². The number of hydrogen-bond acceptors (Lipinski definition) is 4. The van der Waals surface area contributed by atoms with Crippen LogP contribution in [0.2, 0.25) is 0 Å². The number of methoxy groups -OCH3 is 1. The molecule has 0 spiro atoms. The second-order valence-electron chi connectivity index (χ2n) is 4.35. The van der Waals surface area contributed by atoms with Gasteiger partial charge in [0.15, 0.2) is 0 Å². The van der Waals surface area contributed by atoms with Gasteiger partial charge in [-0.15, -0.1) is 11.3 Å². The van der Waals surface area contributed by atoms with E-state index in [4.69, 9.17) is 4.74 Å². The van der Waals surface area contributed by atoms with Gasteiger partial charge in [-0.2, -0.15) is 0 Å². The zero-order valence-corrected chi connectivity index (χ0v) is 12.3. The van der Waals surface area contributed by atoms with Crippen molar-refractivity contribution in [3.8, 4) is 17.0 Å². The molecule has 1 heterocycles. The van der Waals surface area contributed by atoms with Crippen molar-refractivity contribution in [2.75, 3.05) is 20.2 Å². The first-order chi connectivity index (χ1) is 9.33. The second kappa shape index (κ2) is 7.26. The van der Waals surface area contributed by atoms with Gasteiger partial charge in [0.2, 0.25) is 0 Å². The summed E-state index contributed by atoms with van der Waals surface area (Å²) in [4.78, 5) is 4.67. The molecule has 0 aliphatic heterocycles. The Kier molecular flexibility index (Phi) is 5.36. The highest BCUT2D eigenvalue weighted by atomic mass is 32.1. The second-order valence-corrected chi connectivity index (χ2v) is 5.30. The Morgan fingerprint density at radius 3 is 2.68 bits per heavy atom. The zero-order valence-electron chi connectivity index (χ0n) is 11.5. The van der Waals surface area contributed by atoms with Gasteiger partial charge < -0.3 is 10.1 Å². The number of nitrogens with one attached hydrogen (secondary N) is 1. The van der Waals surface area contributed by atoms with Crippen molar-refractivity contribution >= 4 is 11.3 Å². The standard InChI is InChI=1S/C15H20N2OS/c1-3-9-16-10-8-15-17-14(11-19-15)12-4-6-13(18-2)7-5-12/h4-7,11,16H,3,8-10H2,1-2H3. The molecule has 0 saturated heterocycles. The molecule has 0 fully saturated rings. The first kappa shape index (κ1) is 14.0. The lowest BCUT2D eigenvalue weighted by molar-refractivity contribution is 0.415. The summed E-state index contributed by atoms with van der Waals surface area (Å²) in [6.45, 7) is 4.26. The predicted molar refractivity (Wildman–Crippen MR) is 81.0 cm³/mol. The number of thiazole rings is 1. The first-order valence-corrected chi connectivity index (χ1v) is 7.51. The molecule has 4 heteroatoms. The number of aromatic nitrogens is 1. The summed E-state index contributed by atoms with van der Waals surface area (Å²) in [5.74, 6) is 0.878. The molecule has 0 saturated carbocycles. The van der Waals surface area contributed by atoms with Crippen molar-refractivity contribution in [1.29, 1.82) is 0 Å². The van der Waals surface area contributed by atoms with E-state index in [2.05, 4.69) is 22.6 Å². The third kappa shape index (κ3) is 4.04. The number of benzene rings is 1. The minimum atomic E-state index is 0.878. The molecule has 3 nitrogen and oxygen atoms in total. The summed E-state index contributed by atoms with van der Waals surface area (Å²) >= 11 is 1.73. The molecule has 0 aliphatic carbocycles. The fraction of sp³-hybridized carbons (Fsp3) is 0.400. The van der Waals surface area contributed by atoms with Gasteiger partial charge in [0, 0.05) is 23.9 Å². The van der Waals surface area contributed by atoms with Crippen LogP contribution in [0.25, 0.3) is 11.3 Å². The molecule has 2 aromatic rings. The maximum Gasteiger partial charge on any atom is 0.118 e. The van der Waals surface area contributed by atoms with Crippen molar-refractivity contribution in [2.45, 2.75) is 19.8 Å². The lowest BCUT2D eigenvalue weighted by Crippen LogP contribution is -2.17. The molecule has 0 amide bonds. The van der Waals surface area contributed by atoms with Crippen LogP contribution in [0.5, 0.6) is 5.75 Å². The monoisotopic (exact) mass is 276 g/mol. The maximum absolute atomic E-state index is 5.16. The van der Waals surface area contributed by atoms with Crippen LogP contribution in [0, 0.1) is 0 Å². The summed E-state index contributed by atoms with van der Waals surface area (Å²) in [6, 6.07) is 8.04. The molecule has 1 aromatic carbocycles. The molecule has 19 heavy (non-hydrogen) atoms. The Balaban J connectivity index is 1.95. The van der Waals surface area contributed by atoms with Crippen molar-refractivity contribution < 1.29 is 4.74 Å². The minimum absolute atomic E-state index is 0.878. The van der Waals surface area contributed by atoms with Crippen LogP contribution in [-0.4, -0.2) is 25.2 Å². The van der Waals surface area contributed by atoms with Gasteiger partial charge >= 0.3 is 0 Å². The van der Waals surface area contributed by atoms with Crippen molar-refractivity contribution in [3.05, 3.63) is 34.7 Å². The van der Waals surface area contributed by atoms with E-state index in [9.17, 15) is 0 Å². The average Bonchev–Trinajstić information content (AvgIpc) is 2.92. The molecule has 1 N–H and O–H groups in total. The van der Waals surface area contributed by atoms with Gasteiger partial charge in [-0.05, 0) is 37.2 Å². The first-order valence-electron chi connectivity index (χ1n) is 6.63. The largest absolute Gasteiger partial charge is 0.497 e. The van der Waals surface area contributed by atoms with E-state index in [0.29, 0.717) is 0 Å². The Morgan fingerprint density at radius 2 is 2.00 bits per heavy atom. The van der Waals surface area contributed by atoms with Crippen LogP contribution in [0.4, 0.5) is 0 Å². The molecular weight excluding hydrogens is 256 g/mol. The number of ether oxygens (including phenoxy) is 1. The molecule has 2 rings (SSSR count). The van der Waals surface area contributed by atoms with Crippen molar-refractivity contribution in [1.82, 2.24) is 10.3 Å². The number of hydrogen-bond donors (Lipinski definition) is 1. The van der Waals surface area contributed by atoms with Gasteiger partial charge in [-0.3, -0.25) is 0 Å². The van der Waals surface area contributed by atoms with E-state index < -0.39 is 0 Å². The Hall–Kier alpha value is -1.39. The molecule has 0 atom stereocenters. The lowest BCUT2D eigenvalue weighted by Gasteiger charge is -2.01. The summed E-state index contributed by atoms with van der Waals surface area (Å²) in [5.41, 5.74) is 2.20. The summed E-state index contributed by atoms with van der Waals surface area (Å²) < 4.78 is 5.16. The lowest BCUT2D eigenvalue weighted by atomic mass is 10.2. The summed E-state index contributed by atoms with van der Waals surface area (Å²) in [6.07, 6.45) is 2.18. The molecule has 0 radical (unpaired) electrons. The fourth-order valence-corrected chi connectivity index (χ4v) is 2.62. The quantitative estimate of drug-likeness (QED) is 0.787. The van der Waals surface area contributed by atoms with Crippen LogP contribution >= 0.6 is 11.3 Å². The highest BCUT2D eigenvalue weighted by molar-refractivity contribution is 7.09. The van der Waals surface area contributed by atoms with Crippen LogP contribution < -0.4 is 10.1 Å². The van der Waals surface area contributed by atoms with Crippen molar-refractivity contribution in [2.24, 2.45) is 0 Å². The van der Waals surface area contributed by atoms with Gasteiger partial charge in [0.05, 0.1) is 17.8 Å². The Labute approximate surface area is 118 Å². The van der Waals surface area contributed by atoms with E-state index in [1.807, 2.05) is 24.3 Å². The van der Waals surface area contributed by atoms with Gasteiger partial charge in [-0.25, -0.2) is 4.98 Å². The fourth-order valence-electron chi connectivity index (χ4n) is 1.82. The van der Waals surface area contributed by atoms with Gasteiger partial charge in [0.25, 0.3) is 0 Å². The van der Waals surface area contributed by atoms with Crippen LogP contribution in [0.15, 0.2) is 29.6 Å². The van der Waals surface area contributed by atoms with Crippen LogP contribution in [0.3, 0.4) is 0 Å². The highest BCUT2D eigenvalue weighted by Crippen LogP contribution is 2.24. The topological polar surface area (TPSA) is 34.2 Å². The summed E-state index contributed by atoms with van der Waals surface area (Å²) in [5, 5.41) is 6.71. The average molecular weight is 276 g/mol.